The smallest absolute Gasteiger partial charge is 0.275 e. The van der Waals surface area contributed by atoms with Crippen LogP contribution in [0.5, 0.6) is 5.75 Å². The maximum absolute atomic E-state index is 12.6. The molecule has 5 nitrogen and oxygen atoms in total. The molecule has 1 N–H and O–H groups in total. The summed E-state index contributed by atoms with van der Waals surface area (Å²) in [6, 6.07) is 25.3. The molecule has 4 rings (SSSR count). The number of nitrogens with zero attached hydrogens (tertiary/aromatic N) is 1. The van der Waals surface area contributed by atoms with Gasteiger partial charge >= 0.3 is 0 Å². The van der Waals surface area contributed by atoms with E-state index in [1.54, 1.807) is 48.5 Å². The fourth-order valence-electron chi connectivity index (χ4n) is 2.98. The summed E-state index contributed by atoms with van der Waals surface area (Å²) in [6.07, 6.45) is 1.41. The monoisotopic (exact) mass is 464 g/mol. The first-order chi connectivity index (χ1) is 15.6. The molecule has 0 aliphatic carbocycles. The molecule has 0 spiro atoms. The molecule has 4 aromatic rings. The van der Waals surface area contributed by atoms with Crippen molar-refractivity contribution in [3.05, 3.63) is 112 Å². The Morgan fingerprint density at radius 1 is 0.969 bits per heavy atom. The molecule has 1 heterocycles. The highest BCUT2D eigenvalue weighted by Gasteiger charge is 2.12. The van der Waals surface area contributed by atoms with Crippen molar-refractivity contribution in [1.29, 1.82) is 0 Å². The Morgan fingerprint density at radius 2 is 1.75 bits per heavy atom. The number of para-hydroxylation sites is 1. The molecule has 0 aliphatic rings. The van der Waals surface area contributed by atoms with E-state index in [0.29, 0.717) is 45.0 Å². The highest BCUT2D eigenvalue weighted by molar-refractivity contribution is 6.35. The second-order valence-electron chi connectivity index (χ2n) is 6.80. The van der Waals surface area contributed by atoms with Crippen LogP contribution in [0.15, 0.2) is 94.4 Å². The van der Waals surface area contributed by atoms with Gasteiger partial charge in [-0.25, -0.2) is 5.43 Å². The van der Waals surface area contributed by atoms with Crippen molar-refractivity contribution in [2.75, 3.05) is 0 Å². The van der Waals surface area contributed by atoms with Crippen LogP contribution >= 0.6 is 23.2 Å². The highest BCUT2D eigenvalue weighted by Crippen LogP contribution is 2.31. The summed E-state index contributed by atoms with van der Waals surface area (Å²) in [7, 11) is 0. The number of amides is 1. The Labute approximate surface area is 195 Å². The average molecular weight is 465 g/mol. The van der Waals surface area contributed by atoms with Gasteiger partial charge in [-0.3, -0.25) is 4.79 Å². The van der Waals surface area contributed by atoms with Gasteiger partial charge in [-0.2, -0.15) is 5.10 Å². The minimum atomic E-state index is -0.394. The number of carbonyl (C=O) groups excluding carboxylic acids is 1. The van der Waals surface area contributed by atoms with Crippen molar-refractivity contribution in [2.24, 2.45) is 5.10 Å². The lowest BCUT2D eigenvalue weighted by atomic mass is 10.2. The molecule has 32 heavy (non-hydrogen) atoms. The molecular formula is C25H18Cl2N2O3. The molecule has 0 fully saturated rings. The van der Waals surface area contributed by atoms with E-state index in [1.807, 2.05) is 36.4 Å². The van der Waals surface area contributed by atoms with Crippen LogP contribution in [0.25, 0.3) is 11.3 Å². The van der Waals surface area contributed by atoms with Crippen LogP contribution in [0, 0.1) is 0 Å². The van der Waals surface area contributed by atoms with E-state index in [2.05, 4.69) is 10.5 Å². The zero-order chi connectivity index (χ0) is 22.3. The quantitative estimate of drug-likeness (QED) is 0.247. The maximum atomic E-state index is 12.6. The number of furan rings is 1. The topological polar surface area (TPSA) is 63.8 Å². The SMILES string of the molecule is O=C(N/N=C/c1ccc(-c2cc(Cl)ccc2Cl)o1)c1ccccc1OCc1ccccc1. The van der Waals surface area contributed by atoms with Crippen LogP contribution in [-0.2, 0) is 6.61 Å². The number of hydrogen-bond donors (Lipinski definition) is 1. The molecular weight excluding hydrogens is 447 g/mol. The average Bonchev–Trinajstić information content (AvgIpc) is 3.29. The van der Waals surface area contributed by atoms with Crippen LogP contribution in [0.4, 0.5) is 0 Å². The molecule has 1 amide bonds. The van der Waals surface area contributed by atoms with Gasteiger partial charge in [-0.15, -0.1) is 0 Å². The molecule has 7 heteroatoms. The van der Waals surface area contributed by atoms with Crippen LogP contribution in [0.2, 0.25) is 10.0 Å². The van der Waals surface area contributed by atoms with Crippen LogP contribution in [0.3, 0.4) is 0 Å². The van der Waals surface area contributed by atoms with Gasteiger partial charge in [0.05, 0.1) is 16.8 Å². The molecule has 0 saturated heterocycles. The Morgan fingerprint density at radius 3 is 2.59 bits per heavy atom. The normalized spacial score (nSPS) is 10.9. The van der Waals surface area contributed by atoms with Gasteiger partial charge in [0.1, 0.15) is 23.9 Å². The van der Waals surface area contributed by atoms with Gasteiger partial charge in [-0.05, 0) is 48.0 Å². The number of benzene rings is 3. The van der Waals surface area contributed by atoms with Crippen molar-refractivity contribution < 1.29 is 13.9 Å². The summed E-state index contributed by atoms with van der Waals surface area (Å²) in [5.74, 6) is 1.07. The number of rotatable bonds is 7. The van der Waals surface area contributed by atoms with Crippen LogP contribution < -0.4 is 10.2 Å². The third kappa shape index (κ3) is 5.38. The summed E-state index contributed by atoms with van der Waals surface area (Å²) in [5.41, 5.74) is 4.56. The lowest BCUT2D eigenvalue weighted by molar-refractivity contribution is 0.0950. The lowest BCUT2D eigenvalue weighted by Gasteiger charge is -2.10. The van der Waals surface area contributed by atoms with Crippen molar-refractivity contribution in [3.63, 3.8) is 0 Å². The number of nitrogens with one attached hydrogen (secondary N) is 1. The van der Waals surface area contributed by atoms with Gasteiger partial charge in [-0.1, -0.05) is 65.7 Å². The number of hydrazone groups is 1. The summed E-state index contributed by atoms with van der Waals surface area (Å²) < 4.78 is 11.6. The number of ether oxygens (including phenoxy) is 1. The maximum Gasteiger partial charge on any atom is 0.275 e. The molecule has 1 aromatic heterocycles. The predicted molar refractivity (Wildman–Crippen MR) is 126 cm³/mol. The van der Waals surface area contributed by atoms with E-state index < -0.39 is 5.91 Å². The first-order valence-corrected chi connectivity index (χ1v) is 10.5. The molecule has 0 unspecified atom stereocenters. The summed E-state index contributed by atoms with van der Waals surface area (Å²) in [5, 5.41) is 5.06. The summed E-state index contributed by atoms with van der Waals surface area (Å²) in [6.45, 7) is 0.357. The molecule has 0 aliphatic heterocycles. The van der Waals surface area contributed by atoms with E-state index >= 15 is 0 Å². The van der Waals surface area contributed by atoms with E-state index in [-0.39, 0.29) is 0 Å². The van der Waals surface area contributed by atoms with Crippen LogP contribution in [-0.4, -0.2) is 12.1 Å². The molecule has 0 atom stereocenters. The molecule has 160 valence electrons. The molecule has 0 bridgehead atoms. The Kier molecular flexibility index (Phi) is 6.90. The number of carbonyl (C=O) groups is 1. The lowest BCUT2D eigenvalue weighted by Crippen LogP contribution is -2.18. The molecule has 3 aromatic carbocycles. The van der Waals surface area contributed by atoms with Crippen molar-refractivity contribution in [1.82, 2.24) is 5.43 Å². The standard InChI is InChI=1S/C25H18Cl2N2O3/c26-18-10-12-22(27)21(14-18)24-13-11-19(32-24)15-28-29-25(30)20-8-4-5-9-23(20)31-16-17-6-2-1-3-7-17/h1-15H,16H2,(H,29,30)/b28-15+. The van der Waals surface area contributed by atoms with Crippen molar-refractivity contribution in [2.45, 2.75) is 6.61 Å². The zero-order valence-corrected chi connectivity index (χ0v) is 18.3. The molecule has 0 radical (unpaired) electrons. The van der Waals surface area contributed by atoms with Crippen LogP contribution in [0.1, 0.15) is 21.7 Å². The van der Waals surface area contributed by atoms with Gasteiger partial charge in [0.25, 0.3) is 5.91 Å². The van der Waals surface area contributed by atoms with Crippen molar-refractivity contribution >= 4 is 35.3 Å². The van der Waals surface area contributed by atoms with Gasteiger partial charge < -0.3 is 9.15 Å². The Hall–Kier alpha value is -3.54. The number of halogens is 2. The number of hydrogen-bond acceptors (Lipinski definition) is 4. The second kappa shape index (κ2) is 10.2. The fourth-order valence-corrected chi connectivity index (χ4v) is 3.37. The van der Waals surface area contributed by atoms with E-state index in [4.69, 9.17) is 32.4 Å². The van der Waals surface area contributed by atoms with Gasteiger partial charge in [0, 0.05) is 10.6 Å². The fraction of sp³-hybridized carbons (Fsp3) is 0.0400. The Bertz CT molecular complexity index is 1250. The Balaban J connectivity index is 1.41. The zero-order valence-electron chi connectivity index (χ0n) is 16.8. The van der Waals surface area contributed by atoms with E-state index in [1.165, 1.54) is 6.21 Å². The highest BCUT2D eigenvalue weighted by atomic mass is 35.5. The largest absolute Gasteiger partial charge is 0.488 e. The minimum absolute atomic E-state index is 0.357. The third-order valence-corrected chi connectivity index (χ3v) is 5.11. The van der Waals surface area contributed by atoms with Gasteiger partial charge in [0.15, 0.2) is 0 Å². The molecule has 0 saturated carbocycles. The van der Waals surface area contributed by atoms with E-state index in [0.717, 1.165) is 5.56 Å². The third-order valence-electron chi connectivity index (χ3n) is 4.55. The first-order valence-electron chi connectivity index (χ1n) is 9.74. The second-order valence-corrected chi connectivity index (χ2v) is 7.64. The minimum Gasteiger partial charge on any atom is -0.488 e. The van der Waals surface area contributed by atoms with Crippen molar-refractivity contribution in [3.8, 4) is 17.1 Å². The first kappa shape index (κ1) is 21.7. The summed E-state index contributed by atoms with van der Waals surface area (Å²) in [4.78, 5) is 12.6. The predicted octanol–water partition coefficient (Wildman–Crippen LogP) is 6.60. The summed E-state index contributed by atoms with van der Waals surface area (Å²) >= 11 is 12.2. The van der Waals surface area contributed by atoms with Gasteiger partial charge in [0.2, 0.25) is 0 Å². The van der Waals surface area contributed by atoms with E-state index in [9.17, 15) is 4.79 Å².